The Labute approximate surface area is 206 Å². The average molecular weight is 491 g/mol. The Hall–Kier alpha value is -4.66. The van der Waals surface area contributed by atoms with Crippen LogP contribution in [0.2, 0.25) is 0 Å². The zero-order chi connectivity index (χ0) is 26.0. The number of aliphatic hydroxyl groups is 1. The molecule has 1 saturated heterocycles. The van der Waals surface area contributed by atoms with Gasteiger partial charge in [0, 0.05) is 5.69 Å². The Balaban J connectivity index is 1.97. The van der Waals surface area contributed by atoms with Crippen molar-refractivity contribution in [3.05, 3.63) is 94.8 Å². The summed E-state index contributed by atoms with van der Waals surface area (Å²) in [6, 6.07) is 15.0. The van der Waals surface area contributed by atoms with E-state index in [9.17, 15) is 23.9 Å². The molecule has 4 rings (SSSR count). The second kappa shape index (κ2) is 9.91. The lowest BCUT2D eigenvalue weighted by Crippen LogP contribution is -2.29. The van der Waals surface area contributed by atoms with Crippen molar-refractivity contribution in [2.75, 3.05) is 26.2 Å². The van der Waals surface area contributed by atoms with Crippen LogP contribution in [0, 0.1) is 5.82 Å². The number of ether oxygens (including phenoxy) is 3. The molecule has 9 heteroatoms. The van der Waals surface area contributed by atoms with Crippen molar-refractivity contribution in [1.29, 1.82) is 0 Å². The summed E-state index contributed by atoms with van der Waals surface area (Å²) in [7, 11) is 4.06. The van der Waals surface area contributed by atoms with Crippen LogP contribution in [0.1, 0.15) is 27.5 Å². The number of methoxy groups -OCH3 is 3. The molecule has 1 aliphatic heterocycles. The van der Waals surface area contributed by atoms with Gasteiger partial charge in [-0.15, -0.1) is 0 Å². The monoisotopic (exact) mass is 491 g/mol. The Morgan fingerprint density at radius 2 is 1.67 bits per heavy atom. The van der Waals surface area contributed by atoms with Gasteiger partial charge < -0.3 is 19.3 Å². The normalized spacial score (nSPS) is 16.7. The number of aliphatic hydroxyl groups excluding tert-OH is 1. The molecule has 1 heterocycles. The summed E-state index contributed by atoms with van der Waals surface area (Å²) in [5.41, 5.74) is 0.508. The van der Waals surface area contributed by atoms with Crippen molar-refractivity contribution in [3.8, 4) is 11.5 Å². The summed E-state index contributed by atoms with van der Waals surface area (Å²) in [5, 5.41) is 11.3. The van der Waals surface area contributed by atoms with Crippen LogP contribution >= 0.6 is 0 Å². The fourth-order valence-corrected chi connectivity index (χ4v) is 4.11. The van der Waals surface area contributed by atoms with Gasteiger partial charge in [-0.05, 0) is 54.1 Å². The van der Waals surface area contributed by atoms with Crippen molar-refractivity contribution in [1.82, 2.24) is 0 Å². The smallest absolute Gasteiger partial charge is 0.337 e. The lowest BCUT2D eigenvalue weighted by Gasteiger charge is -2.26. The number of carbonyl (C=O) groups is 3. The van der Waals surface area contributed by atoms with Crippen molar-refractivity contribution in [3.63, 3.8) is 0 Å². The summed E-state index contributed by atoms with van der Waals surface area (Å²) < 4.78 is 29.3. The maximum atomic E-state index is 14.1. The molecule has 1 fully saturated rings. The highest BCUT2D eigenvalue weighted by Gasteiger charge is 2.47. The lowest BCUT2D eigenvalue weighted by molar-refractivity contribution is -0.132. The molecule has 0 radical (unpaired) electrons. The zero-order valence-corrected chi connectivity index (χ0v) is 19.7. The van der Waals surface area contributed by atoms with Crippen LogP contribution in [0.4, 0.5) is 10.1 Å². The first-order valence-electron chi connectivity index (χ1n) is 10.8. The SMILES string of the molecule is COC(=O)c1cccc(N2C(=O)C(=O)/C(=C(/O)c3cc(F)ccc3OC)C2c2ccc(OC)cc2)c1. The topological polar surface area (TPSA) is 102 Å². The zero-order valence-electron chi connectivity index (χ0n) is 19.7. The third-order valence-corrected chi connectivity index (χ3v) is 5.84. The van der Waals surface area contributed by atoms with Gasteiger partial charge in [-0.2, -0.15) is 0 Å². The number of halogens is 1. The molecule has 0 aromatic heterocycles. The molecule has 0 saturated carbocycles. The molecule has 1 unspecified atom stereocenters. The Morgan fingerprint density at radius 3 is 2.31 bits per heavy atom. The van der Waals surface area contributed by atoms with Crippen LogP contribution in [0.15, 0.2) is 72.3 Å². The maximum absolute atomic E-state index is 14.1. The molecule has 184 valence electrons. The summed E-state index contributed by atoms with van der Waals surface area (Å²) in [4.78, 5) is 39.9. The van der Waals surface area contributed by atoms with E-state index in [0.717, 1.165) is 12.1 Å². The molecule has 36 heavy (non-hydrogen) atoms. The molecule has 1 atom stereocenters. The first-order chi connectivity index (χ1) is 17.3. The van der Waals surface area contributed by atoms with Gasteiger partial charge in [0.1, 0.15) is 23.1 Å². The summed E-state index contributed by atoms with van der Waals surface area (Å²) >= 11 is 0. The number of rotatable bonds is 6. The highest BCUT2D eigenvalue weighted by Crippen LogP contribution is 2.43. The molecule has 8 nitrogen and oxygen atoms in total. The number of esters is 1. The number of carbonyl (C=O) groups excluding carboxylic acids is 3. The summed E-state index contributed by atoms with van der Waals surface area (Å²) in [6.07, 6.45) is 0. The van der Waals surface area contributed by atoms with E-state index in [1.807, 2.05) is 0 Å². The van der Waals surface area contributed by atoms with E-state index in [-0.39, 0.29) is 28.1 Å². The van der Waals surface area contributed by atoms with Crippen LogP contribution in [0.25, 0.3) is 5.76 Å². The number of Topliss-reactive ketones (excluding diaryl/α,β-unsaturated/α-hetero) is 1. The van der Waals surface area contributed by atoms with E-state index in [1.165, 1.54) is 44.4 Å². The van der Waals surface area contributed by atoms with Gasteiger partial charge in [0.15, 0.2) is 0 Å². The van der Waals surface area contributed by atoms with E-state index in [2.05, 4.69) is 0 Å². The quantitative estimate of drug-likeness (QED) is 0.238. The van der Waals surface area contributed by atoms with E-state index >= 15 is 0 Å². The number of hydrogen-bond acceptors (Lipinski definition) is 7. The Bertz CT molecular complexity index is 1380. The third-order valence-electron chi connectivity index (χ3n) is 5.84. The number of anilines is 1. The van der Waals surface area contributed by atoms with Gasteiger partial charge in [-0.1, -0.05) is 18.2 Å². The molecule has 0 bridgehead atoms. The molecule has 0 spiro atoms. The second-order valence-electron chi connectivity index (χ2n) is 7.83. The van der Waals surface area contributed by atoms with Gasteiger partial charge in [-0.3, -0.25) is 14.5 Å². The number of nitrogens with zero attached hydrogens (tertiary/aromatic N) is 1. The van der Waals surface area contributed by atoms with E-state index in [4.69, 9.17) is 14.2 Å². The third kappa shape index (κ3) is 4.26. The molecule has 1 amide bonds. The number of benzene rings is 3. The van der Waals surface area contributed by atoms with Gasteiger partial charge in [0.2, 0.25) is 0 Å². The predicted octanol–water partition coefficient (Wildman–Crippen LogP) is 4.26. The lowest BCUT2D eigenvalue weighted by atomic mass is 9.94. The number of amides is 1. The summed E-state index contributed by atoms with van der Waals surface area (Å²) in [5.74, 6) is -3.16. The highest BCUT2D eigenvalue weighted by molar-refractivity contribution is 6.51. The minimum absolute atomic E-state index is 0.0858. The largest absolute Gasteiger partial charge is 0.507 e. The first kappa shape index (κ1) is 24.5. The first-order valence-corrected chi connectivity index (χ1v) is 10.8. The van der Waals surface area contributed by atoms with Crippen molar-refractivity contribution >= 4 is 29.1 Å². The van der Waals surface area contributed by atoms with Crippen LogP contribution in [0.5, 0.6) is 11.5 Å². The van der Waals surface area contributed by atoms with E-state index in [1.54, 1.807) is 36.4 Å². The van der Waals surface area contributed by atoms with Crippen LogP contribution in [-0.2, 0) is 14.3 Å². The fraction of sp³-hybridized carbons (Fsp3) is 0.148. The van der Waals surface area contributed by atoms with Gasteiger partial charge in [0.05, 0.1) is 44.1 Å². The van der Waals surface area contributed by atoms with Crippen molar-refractivity contribution in [2.24, 2.45) is 0 Å². The van der Waals surface area contributed by atoms with Gasteiger partial charge in [0.25, 0.3) is 11.7 Å². The van der Waals surface area contributed by atoms with Crippen LogP contribution in [-0.4, -0.2) is 44.1 Å². The molecule has 3 aromatic carbocycles. The van der Waals surface area contributed by atoms with E-state index in [0.29, 0.717) is 11.3 Å². The maximum Gasteiger partial charge on any atom is 0.337 e. The molecular formula is C27H22FNO7. The standard InChI is InChI=1S/C27H22FNO7/c1-34-19-10-7-15(8-11-19)23-22(24(30)20-14-17(28)9-12-21(20)35-2)25(31)26(32)29(23)18-6-4-5-16(13-18)27(33)36-3/h4-14,23,30H,1-3H3/b24-22+. The average Bonchev–Trinajstić information content (AvgIpc) is 3.17. The summed E-state index contributed by atoms with van der Waals surface area (Å²) in [6.45, 7) is 0. The van der Waals surface area contributed by atoms with Crippen LogP contribution < -0.4 is 14.4 Å². The minimum Gasteiger partial charge on any atom is -0.507 e. The van der Waals surface area contributed by atoms with Gasteiger partial charge in [-0.25, -0.2) is 9.18 Å². The number of ketones is 1. The van der Waals surface area contributed by atoms with E-state index < -0.39 is 35.3 Å². The molecule has 3 aromatic rings. The second-order valence-corrected chi connectivity index (χ2v) is 7.83. The molecular weight excluding hydrogens is 469 g/mol. The van der Waals surface area contributed by atoms with Gasteiger partial charge >= 0.3 is 5.97 Å². The number of hydrogen-bond donors (Lipinski definition) is 1. The Kier molecular flexibility index (Phi) is 6.73. The minimum atomic E-state index is -1.10. The van der Waals surface area contributed by atoms with Crippen molar-refractivity contribution in [2.45, 2.75) is 6.04 Å². The fourth-order valence-electron chi connectivity index (χ4n) is 4.11. The Morgan fingerprint density at radius 1 is 0.944 bits per heavy atom. The molecule has 0 aliphatic carbocycles. The van der Waals surface area contributed by atoms with Crippen LogP contribution in [0.3, 0.4) is 0 Å². The highest BCUT2D eigenvalue weighted by atomic mass is 19.1. The van der Waals surface area contributed by atoms with Crippen molar-refractivity contribution < 1.29 is 38.1 Å². The molecule has 1 aliphatic rings. The predicted molar refractivity (Wildman–Crippen MR) is 129 cm³/mol. The molecule has 1 N–H and O–H groups in total.